The Bertz CT molecular complexity index is 905. The molecule has 0 atom stereocenters. The number of aromatic nitrogens is 1. The minimum atomic E-state index is -1.29. The Kier molecular flexibility index (Phi) is 6.05. The highest BCUT2D eigenvalue weighted by Crippen LogP contribution is 2.34. The van der Waals surface area contributed by atoms with E-state index in [0.29, 0.717) is 27.5 Å². The molecule has 1 aliphatic heterocycles. The maximum atomic E-state index is 12.7. The average Bonchev–Trinajstić information content (AvgIpc) is 3.26. The van der Waals surface area contributed by atoms with E-state index in [-0.39, 0.29) is 5.91 Å². The van der Waals surface area contributed by atoms with Gasteiger partial charge >= 0.3 is 0 Å². The molecule has 27 heavy (non-hydrogen) atoms. The van der Waals surface area contributed by atoms with Gasteiger partial charge in [-0.15, -0.1) is 17.9 Å². The number of carboxylic acid groups (broad SMARTS) is 1. The molecule has 0 radical (unpaired) electrons. The first-order valence-electron chi connectivity index (χ1n) is 7.80. The number of hydrogen-bond donors (Lipinski definition) is 0. The lowest BCUT2D eigenvalue weighted by Crippen LogP contribution is -2.29. The molecule has 1 aromatic carbocycles. The summed E-state index contributed by atoms with van der Waals surface area (Å²) in [7, 11) is 0. The Morgan fingerprint density at radius 2 is 2.15 bits per heavy atom. The highest BCUT2D eigenvalue weighted by Gasteiger charge is 2.32. The number of amides is 1. The van der Waals surface area contributed by atoms with E-state index < -0.39 is 12.6 Å². The molecule has 1 saturated heterocycles. The molecular weight excluding hydrogens is 386 g/mol. The predicted octanol–water partition coefficient (Wildman–Crippen LogP) is 2.06. The summed E-state index contributed by atoms with van der Waals surface area (Å²) in [5, 5.41) is 13.4. The molecule has 1 amide bonds. The zero-order chi connectivity index (χ0) is 19.2. The number of benzene rings is 1. The van der Waals surface area contributed by atoms with Crippen LogP contribution >= 0.6 is 23.1 Å². The van der Waals surface area contributed by atoms with E-state index in [1.54, 1.807) is 47.5 Å². The van der Waals surface area contributed by atoms with Gasteiger partial charge in [-0.05, 0) is 35.5 Å². The maximum absolute atomic E-state index is 12.7. The first kappa shape index (κ1) is 18.9. The Morgan fingerprint density at radius 3 is 2.78 bits per heavy atom. The van der Waals surface area contributed by atoms with Crippen LogP contribution in [0.1, 0.15) is 5.56 Å². The third-order valence-corrected chi connectivity index (χ3v) is 5.02. The minimum absolute atomic E-state index is 0.160. The molecule has 2 heterocycles. The number of aliphatic imine (C=N–C) groups is 1. The molecule has 2 aromatic rings. The van der Waals surface area contributed by atoms with Gasteiger partial charge in [-0.3, -0.25) is 9.69 Å². The lowest BCUT2D eigenvalue weighted by molar-refractivity contribution is -0.307. The molecule has 1 fully saturated rings. The van der Waals surface area contributed by atoms with Gasteiger partial charge < -0.3 is 14.6 Å². The number of carboxylic acids is 1. The highest BCUT2D eigenvalue weighted by atomic mass is 32.2. The van der Waals surface area contributed by atoms with E-state index in [1.165, 1.54) is 23.1 Å². The number of thiazole rings is 1. The number of ether oxygens (including phenoxy) is 1. The summed E-state index contributed by atoms with van der Waals surface area (Å²) in [6, 6.07) is 6.73. The third-order valence-electron chi connectivity index (χ3n) is 3.34. The third kappa shape index (κ3) is 4.83. The first-order chi connectivity index (χ1) is 13.1. The molecule has 1 aliphatic rings. The topological polar surface area (TPSA) is 94.9 Å². The van der Waals surface area contributed by atoms with Gasteiger partial charge in [-0.25, -0.2) is 4.98 Å². The zero-order valence-corrected chi connectivity index (χ0v) is 15.7. The van der Waals surface area contributed by atoms with Gasteiger partial charge in [-0.2, -0.15) is 4.99 Å². The zero-order valence-electron chi connectivity index (χ0n) is 14.0. The van der Waals surface area contributed by atoms with Gasteiger partial charge in [0.05, 0.1) is 10.9 Å². The number of amidine groups is 1. The fraction of sp³-hybridized carbons (Fsp3) is 0.111. The van der Waals surface area contributed by atoms with E-state index in [9.17, 15) is 14.7 Å². The predicted molar refractivity (Wildman–Crippen MR) is 104 cm³/mol. The van der Waals surface area contributed by atoms with Crippen LogP contribution < -0.4 is 9.84 Å². The van der Waals surface area contributed by atoms with Crippen molar-refractivity contribution < 1.29 is 19.4 Å². The van der Waals surface area contributed by atoms with Crippen LogP contribution in [-0.2, 0) is 9.59 Å². The van der Waals surface area contributed by atoms with Crippen LogP contribution in [-0.4, -0.2) is 40.1 Å². The fourth-order valence-corrected chi connectivity index (χ4v) is 3.74. The summed E-state index contributed by atoms with van der Waals surface area (Å²) in [6.07, 6.45) is 5.04. The monoisotopic (exact) mass is 400 g/mol. The molecular formula is C18H14N3O4S2-. The largest absolute Gasteiger partial charge is 0.546 e. The van der Waals surface area contributed by atoms with Crippen LogP contribution in [0.2, 0.25) is 0 Å². The average molecular weight is 400 g/mol. The van der Waals surface area contributed by atoms with Crippen LogP contribution in [0.4, 0.5) is 5.13 Å². The molecule has 3 rings (SSSR count). The molecule has 0 N–H and O–H groups in total. The van der Waals surface area contributed by atoms with Gasteiger partial charge in [0.15, 0.2) is 5.17 Å². The van der Waals surface area contributed by atoms with Crippen molar-refractivity contribution in [2.24, 2.45) is 4.99 Å². The highest BCUT2D eigenvalue weighted by molar-refractivity contribution is 8.18. The number of carbonyl (C=O) groups excluding carboxylic acids is 2. The summed E-state index contributed by atoms with van der Waals surface area (Å²) in [5.41, 5.74) is 0.778. The standard InChI is InChI=1S/C18H15N3O4S2/c1-2-8-21-16(24)14(27-18(21)20-17-19-7-9-26-17)10-12-3-5-13(6-4-12)25-11-15(22)23/h2-7,9-10H,1,8,11H2,(H,22,23)/p-1/b14-10-,20-18?. The number of carbonyl (C=O) groups is 2. The second kappa shape index (κ2) is 8.65. The Hall–Kier alpha value is -2.91. The van der Waals surface area contributed by atoms with E-state index in [1.807, 2.05) is 5.38 Å². The minimum Gasteiger partial charge on any atom is -0.546 e. The molecule has 7 nitrogen and oxygen atoms in total. The first-order valence-corrected chi connectivity index (χ1v) is 9.49. The van der Waals surface area contributed by atoms with Gasteiger partial charge in [0.25, 0.3) is 5.91 Å². The lowest BCUT2D eigenvalue weighted by atomic mass is 10.2. The molecule has 138 valence electrons. The van der Waals surface area contributed by atoms with Crippen molar-refractivity contribution >= 4 is 51.4 Å². The molecule has 9 heteroatoms. The second-order valence-corrected chi connectivity index (χ2v) is 7.14. The van der Waals surface area contributed by atoms with Crippen molar-refractivity contribution in [3.8, 4) is 5.75 Å². The maximum Gasteiger partial charge on any atom is 0.267 e. The Morgan fingerprint density at radius 1 is 1.37 bits per heavy atom. The van der Waals surface area contributed by atoms with E-state index >= 15 is 0 Å². The normalized spacial score (nSPS) is 16.9. The van der Waals surface area contributed by atoms with Gasteiger partial charge in [0.1, 0.15) is 12.4 Å². The van der Waals surface area contributed by atoms with Crippen molar-refractivity contribution in [2.45, 2.75) is 0 Å². The molecule has 0 spiro atoms. The quantitative estimate of drug-likeness (QED) is 0.522. The van der Waals surface area contributed by atoms with Gasteiger partial charge in [-0.1, -0.05) is 18.2 Å². The lowest BCUT2D eigenvalue weighted by Gasteiger charge is -2.11. The molecule has 1 aromatic heterocycles. The number of hydrogen-bond acceptors (Lipinski definition) is 8. The van der Waals surface area contributed by atoms with E-state index in [4.69, 9.17) is 4.74 Å². The van der Waals surface area contributed by atoms with Crippen LogP contribution in [0.25, 0.3) is 6.08 Å². The number of thioether (sulfide) groups is 1. The van der Waals surface area contributed by atoms with Crippen LogP contribution in [0, 0.1) is 0 Å². The number of nitrogens with zero attached hydrogens (tertiary/aromatic N) is 3. The van der Waals surface area contributed by atoms with Crippen LogP contribution in [0.5, 0.6) is 5.75 Å². The van der Waals surface area contributed by atoms with Gasteiger partial charge in [0.2, 0.25) is 5.13 Å². The number of rotatable bonds is 7. The molecule has 0 aliphatic carbocycles. The van der Waals surface area contributed by atoms with Crippen molar-refractivity contribution in [3.05, 3.63) is 59.0 Å². The van der Waals surface area contributed by atoms with Crippen molar-refractivity contribution in [3.63, 3.8) is 0 Å². The van der Waals surface area contributed by atoms with E-state index in [0.717, 1.165) is 5.56 Å². The smallest absolute Gasteiger partial charge is 0.267 e. The van der Waals surface area contributed by atoms with Crippen LogP contribution in [0.15, 0.2) is 58.4 Å². The fourth-order valence-electron chi connectivity index (χ4n) is 2.19. The van der Waals surface area contributed by atoms with E-state index in [2.05, 4.69) is 16.6 Å². The summed E-state index contributed by atoms with van der Waals surface area (Å²) in [5.74, 6) is -1.04. The Balaban J connectivity index is 1.80. The summed E-state index contributed by atoms with van der Waals surface area (Å²) >= 11 is 2.66. The van der Waals surface area contributed by atoms with Gasteiger partial charge in [0, 0.05) is 18.1 Å². The van der Waals surface area contributed by atoms with Crippen LogP contribution in [0.3, 0.4) is 0 Å². The number of aliphatic carboxylic acids is 1. The summed E-state index contributed by atoms with van der Waals surface area (Å²) in [6.45, 7) is 3.53. The summed E-state index contributed by atoms with van der Waals surface area (Å²) < 4.78 is 5.04. The molecule has 0 bridgehead atoms. The van der Waals surface area contributed by atoms with Crippen molar-refractivity contribution in [2.75, 3.05) is 13.2 Å². The Labute approximate surface area is 163 Å². The van der Waals surface area contributed by atoms with Crippen molar-refractivity contribution in [1.29, 1.82) is 0 Å². The summed E-state index contributed by atoms with van der Waals surface area (Å²) in [4.78, 5) is 33.7. The van der Waals surface area contributed by atoms with Crippen molar-refractivity contribution in [1.82, 2.24) is 9.88 Å². The molecule has 0 unspecified atom stereocenters. The molecule has 0 saturated carbocycles. The second-order valence-electron chi connectivity index (χ2n) is 5.25. The SMILES string of the molecule is C=CCN1C(=O)/C(=C/c2ccc(OCC(=O)[O-])cc2)SC1=Nc1nccs1.